The third-order valence-corrected chi connectivity index (χ3v) is 9.35. The van der Waals surface area contributed by atoms with Crippen LogP contribution >= 0.6 is 0 Å². The van der Waals surface area contributed by atoms with E-state index in [9.17, 15) is 18.0 Å². The quantitative estimate of drug-likeness (QED) is 0.357. The van der Waals surface area contributed by atoms with E-state index in [0.29, 0.717) is 6.42 Å². The zero-order valence-corrected chi connectivity index (χ0v) is 19.1. The number of carbonyl (C=O) groups is 2. The zero-order valence-electron chi connectivity index (χ0n) is 18.2. The molecule has 1 aliphatic heterocycles. The van der Waals surface area contributed by atoms with E-state index in [1.807, 2.05) is 20.8 Å². The van der Waals surface area contributed by atoms with Crippen LogP contribution in [0.4, 0.5) is 0 Å². The molecule has 166 valence electrons. The number of hydrogen-bond acceptors (Lipinski definition) is 8. The minimum atomic E-state index is -3.65. The molecule has 1 saturated heterocycles. The molecule has 3 rings (SSSR count). The van der Waals surface area contributed by atoms with Crippen LogP contribution in [-0.4, -0.2) is 56.6 Å². The molecule has 6 atom stereocenters. The summed E-state index contributed by atoms with van der Waals surface area (Å²) in [6.45, 7) is 12.4. The third kappa shape index (κ3) is 3.11. The molecule has 2 saturated carbocycles. The van der Waals surface area contributed by atoms with Crippen LogP contribution in [-0.2, 0) is 38.1 Å². The lowest BCUT2D eigenvalue weighted by molar-refractivity contribution is -0.202. The maximum atomic E-state index is 12.5. The summed E-state index contributed by atoms with van der Waals surface area (Å²) in [5, 5.41) is -0.520. The van der Waals surface area contributed by atoms with E-state index >= 15 is 0 Å². The Balaban J connectivity index is 1.59. The highest BCUT2D eigenvalue weighted by molar-refractivity contribution is 7.87. The van der Waals surface area contributed by atoms with E-state index in [1.54, 1.807) is 27.7 Å². The maximum absolute atomic E-state index is 12.5. The molecule has 29 heavy (non-hydrogen) atoms. The Morgan fingerprint density at radius 3 is 2.28 bits per heavy atom. The Morgan fingerprint density at radius 2 is 1.69 bits per heavy atom. The molecule has 0 amide bonds. The molecule has 3 aliphatic rings. The van der Waals surface area contributed by atoms with Crippen molar-refractivity contribution >= 4 is 22.1 Å². The molecule has 0 N–H and O–H groups in total. The first kappa shape index (κ1) is 22.5. The Labute approximate surface area is 172 Å². The van der Waals surface area contributed by atoms with Crippen LogP contribution in [0.15, 0.2) is 0 Å². The van der Waals surface area contributed by atoms with Crippen LogP contribution in [0.5, 0.6) is 0 Å². The molecule has 0 aromatic heterocycles. The standard InChI is InChI=1S/C20H32O8S/c1-12-15-13-10-18(12,5)20(7,19(15,6)28-29(13,23)24)27-11-14(21)25-8-9-26-16(22)17(2,3)4/h12-13,15H,8-11H2,1-7H3. The fourth-order valence-corrected chi connectivity index (χ4v) is 7.86. The van der Waals surface area contributed by atoms with Crippen LogP contribution in [0.2, 0.25) is 0 Å². The van der Waals surface area contributed by atoms with Gasteiger partial charge in [0, 0.05) is 11.3 Å². The molecule has 8 nitrogen and oxygen atoms in total. The highest BCUT2D eigenvalue weighted by Crippen LogP contribution is 2.74. The van der Waals surface area contributed by atoms with Gasteiger partial charge >= 0.3 is 11.9 Å². The van der Waals surface area contributed by atoms with Gasteiger partial charge in [-0.3, -0.25) is 8.98 Å². The fourth-order valence-electron chi connectivity index (χ4n) is 5.57. The van der Waals surface area contributed by atoms with Gasteiger partial charge in [0.25, 0.3) is 10.1 Å². The average molecular weight is 433 g/mol. The normalized spacial score (nSPS) is 42.1. The van der Waals surface area contributed by atoms with Gasteiger partial charge in [0.2, 0.25) is 0 Å². The average Bonchev–Trinajstić information content (AvgIpc) is 3.01. The van der Waals surface area contributed by atoms with Crippen molar-refractivity contribution in [3.8, 4) is 0 Å². The summed E-state index contributed by atoms with van der Waals surface area (Å²) in [5.74, 6) is -1.07. The van der Waals surface area contributed by atoms with E-state index in [-0.39, 0.29) is 37.6 Å². The largest absolute Gasteiger partial charge is 0.462 e. The molecule has 0 spiro atoms. The van der Waals surface area contributed by atoms with Gasteiger partial charge in [0.1, 0.15) is 31.0 Å². The van der Waals surface area contributed by atoms with Gasteiger partial charge in [-0.15, -0.1) is 0 Å². The maximum Gasteiger partial charge on any atom is 0.332 e. The Hall–Kier alpha value is -1.19. The first-order valence-corrected chi connectivity index (χ1v) is 11.5. The van der Waals surface area contributed by atoms with E-state index < -0.39 is 43.4 Å². The minimum Gasteiger partial charge on any atom is -0.462 e. The van der Waals surface area contributed by atoms with Crippen molar-refractivity contribution in [3.05, 3.63) is 0 Å². The van der Waals surface area contributed by atoms with Crippen molar-refractivity contribution in [2.45, 2.75) is 71.3 Å². The van der Waals surface area contributed by atoms with Crippen molar-refractivity contribution in [1.82, 2.24) is 0 Å². The number of carbonyl (C=O) groups excluding carboxylic acids is 2. The highest BCUT2D eigenvalue weighted by Gasteiger charge is 2.83. The van der Waals surface area contributed by atoms with Crippen molar-refractivity contribution < 1.29 is 36.4 Å². The first-order chi connectivity index (χ1) is 13.1. The van der Waals surface area contributed by atoms with Crippen molar-refractivity contribution in [1.29, 1.82) is 0 Å². The second-order valence-electron chi connectivity index (χ2n) is 10.1. The topological polar surface area (TPSA) is 105 Å². The molecule has 0 radical (unpaired) electrons. The summed E-state index contributed by atoms with van der Waals surface area (Å²) in [5.41, 5.74) is -3.04. The van der Waals surface area contributed by atoms with Gasteiger partial charge in [-0.25, -0.2) is 4.79 Å². The van der Waals surface area contributed by atoms with Crippen LogP contribution in [0.3, 0.4) is 0 Å². The van der Waals surface area contributed by atoms with Crippen molar-refractivity contribution in [2.24, 2.45) is 22.7 Å². The molecule has 9 heteroatoms. The van der Waals surface area contributed by atoms with E-state index in [4.69, 9.17) is 18.4 Å². The van der Waals surface area contributed by atoms with E-state index in [1.165, 1.54) is 0 Å². The van der Waals surface area contributed by atoms with E-state index in [0.717, 1.165) is 0 Å². The summed E-state index contributed by atoms with van der Waals surface area (Å²) in [7, 11) is -3.65. The fraction of sp³-hybridized carbons (Fsp3) is 0.900. The Kier molecular flexibility index (Phi) is 5.16. The molecule has 0 aromatic rings. The van der Waals surface area contributed by atoms with Gasteiger partial charge in [-0.2, -0.15) is 8.42 Å². The molecule has 3 fully saturated rings. The molecular weight excluding hydrogens is 400 g/mol. The van der Waals surface area contributed by atoms with Crippen LogP contribution in [0.25, 0.3) is 0 Å². The summed E-state index contributed by atoms with van der Waals surface area (Å²) in [4.78, 5) is 23.9. The molecular formula is C20H32O8S. The lowest BCUT2D eigenvalue weighted by Crippen LogP contribution is -2.60. The zero-order chi connectivity index (χ0) is 22.0. The number of hydrogen-bond donors (Lipinski definition) is 0. The first-order valence-electron chi connectivity index (χ1n) is 10.0. The number of ether oxygens (including phenoxy) is 3. The number of fused-ring (bicyclic) bond motifs is 1. The highest BCUT2D eigenvalue weighted by atomic mass is 32.2. The van der Waals surface area contributed by atoms with Gasteiger partial charge in [0.15, 0.2) is 0 Å². The van der Waals surface area contributed by atoms with Gasteiger partial charge in [-0.1, -0.05) is 13.8 Å². The van der Waals surface area contributed by atoms with Gasteiger partial charge < -0.3 is 14.2 Å². The predicted molar refractivity (Wildman–Crippen MR) is 103 cm³/mol. The monoisotopic (exact) mass is 432 g/mol. The molecule has 6 unspecified atom stereocenters. The van der Waals surface area contributed by atoms with Crippen LogP contribution in [0.1, 0.15) is 54.9 Å². The van der Waals surface area contributed by atoms with E-state index in [2.05, 4.69) is 0 Å². The van der Waals surface area contributed by atoms with Crippen LogP contribution < -0.4 is 0 Å². The third-order valence-electron chi connectivity index (χ3n) is 7.57. The second-order valence-corrected chi connectivity index (χ2v) is 11.8. The summed E-state index contributed by atoms with van der Waals surface area (Å²) in [6, 6.07) is 0. The smallest absolute Gasteiger partial charge is 0.332 e. The summed E-state index contributed by atoms with van der Waals surface area (Å²) < 4.78 is 46.8. The number of esters is 2. The van der Waals surface area contributed by atoms with Crippen LogP contribution in [0, 0.1) is 22.7 Å². The van der Waals surface area contributed by atoms with Gasteiger partial charge in [0.05, 0.1) is 10.7 Å². The van der Waals surface area contributed by atoms with Crippen molar-refractivity contribution in [3.63, 3.8) is 0 Å². The molecule has 2 aliphatic carbocycles. The Morgan fingerprint density at radius 1 is 1.10 bits per heavy atom. The Bertz CT molecular complexity index is 815. The second kappa shape index (κ2) is 6.65. The van der Waals surface area contributed by atoms with Gasteiger partial charge in [-0.05, 0) is 47.0 Å². The SMILES string of the molecule is CC1C2C3CC1(C)C(C)(OCC(=O)OCCOC(=O)C(C)(C)C)C2(C)OS3(=O)=O. The molecule has 1 heterocycles. The number of rotatable bonds is 6. The molecule has 2 bridgehead atoms. The lowest BCUT2D eigenvalue weighted by Gasteiger charge is -2.48. The minimum absolute atomic E-state index is 0.0311. The summed E-state index contributed by atoms with van der Waals surface area (Å²) in [6.07, 6.45) is 0.449. The lowest BCUT2D eigenvalue weighted by atomic mass is 9.66. The molecule has 0 aromatic carbocycles. The predicted octanol–water partition coefficient (Wildman–Crippen LogP) is 2.06. The van der Waals surface area contributed by atoms with Crippen molar-refractivity contribution in [2.75, 3.05) is 19.8 Å². The summed E-state index contributed by atoms with van der Waals surface area (Å²) >= 11 is 0.